The van der Waals surface area contributed by atoms with Crippen LogP contribution >= 0.6 is 0 Å². The Balaban J connectivity index is 1.59. The Morgan fingerprint density at radius 2 is 2.21 bits per heavy atom. The average Bonchev–Trinajstić information content (AvgIpc) is 3.33. The number of likely N-dealkylation sites (tertiary alicyclic amines) is 1. The first-order valence-corrected chi connectivity index (χ1v) is 8.16. The zero-order valence-electron chi connectivity index (χ0n) is 13.5. The van der Waals surface area contributed by atoms with Gasteiger partial charge in [-0.25, -0.2) is 4.68 Å². The molecule has 0 bridgehead atoms. The van der Waals surface area contributed by atoms with E-state index >= 15 is 0 Å². The lowest BCUT2D eigenvalue weighted by atomic mass is 10.1. The number of nitrogens with zero attached hydrogens (tertiary/aromatic N) is 4. The van der Waals surface area contributed by atoms with Crippen molar-refractivity contribution in [1.82, 2.24) is 24.9 Å². The molecule has 122 valence electrons. The molecular weight excluding hydrogens is 302 g/mol. The topological polar surface area (TPSA) is 66.8 Å². The molecule has 1 N–H and O–H groups in total. The van der Waals surface area contributed by atoms with Crippen LogP contribution in [0.2, 0.25) is 0 Å². The van der Waals surface area contributed by atoms with E-state index in [4.69, 9.17) is 0 Å². The van der Waals surface area contributed by atoms with E-state index in [1.54, 1.807) is 10.9 Å². The third kappa shape index (κ3) is 2.60. The minimum absolute atomic E-state index is 0.0639. The van der Waals surface area contributed by atoms with Gasteiger partial charge in [0.05, 0.1) is 17.9 Å². The summed E-state index contributed by atoms with van der Waals surface area (Å²) in [6, 6.07) is 12.0. The number of aryl methyl sites for hydroxylation is 1. The minimum atomic E-state index is -0.0639. The van der Waals surface area contributed by atoms with Crippen molar-refractivity contribution >= 4 is 5.91 Å². The van der Waals surface area contributed by atoms with Crippen LogP contribution in [0.15, 0.2) is 48.8 Å². The maximum absolute atomic E-state index is 12.9. The summed E-state index contributed by atoms with van der Waals surface area (Å²) >= 11 is 0. The molecule has 6 nitrogen and oxygen atoms in total. The Labute approximate surface area is 140 Å². The summed E-state index contributed by atoms with van der Waals surface area (Å²) in [5, 5.41) is 8.21. The van der Waals surface area contributed by atoms with Gasteiger partial charge in [0.2, 0.25) is 0 Å². The van der Waals surface area contributed by atoms with Gasteiger partial charge in [0.15, 0.2) is 5.69 Å². The van der Waals surface area contributed by atoms with E-state index in [1.807, 2.05) is 54.4 Å². The quantitative estimate of drug-likeness (QED) is 0.806. The first kappa shape index (κ1) is 14.7. The smallest absolute Gasteiger partial charge is 0.276 e. The van der Waals surface area contributed by atoms with E-state index in [0.717, 1.165) is 36.3 Å². The Hall–Kier alpha value is -2.89. The maximum atomic E-state index is 12.9. The zero-order chi connectivity index (χ0) is 16.5. The van der Waals surface area contributed by atoms with Gasteiger partial charge in [0, 0.05) is 18.4 Å². The molecule has 1 aliphatic rings. The molecular formula is C18H19N5O. The summed E-state index contributed by atoms with van der Waals surface area (Å²) in [6.07, 6.45) is 5.57. The highest BCUT2D eigenvalue weighted by Crippen LogP contribution is 2.31. The molecule has 3 aromatic rings. The lowest BCUT2D eigenvalue weighted by molar-refractivity contribution is 0.0727. The van der Waals surface area contributed by atoms with Gasteiger partial charge >= 0.3 is 0 Å². The average molecular weight is 321 g/mol. The van der Waals surface area contributed by atoms with E-state index in [1.165, 1.54) is 0 Å². The molecule has 3 heterocycles. The summed E-state index contributed by atoms with van der Waals surface area (Å²) in [5.74, 6) is -0.0639. The molecule has 1 saturated heterocycles. The molecule has 2 aromatic heterocycles. The first-order valence-electron chi connectivity index (χ1n) is 8.16. The van der Waals surface area contributed by atoms with E-state index in [9.17, 15) is 4.79 Å². The normalized spacial score (nSPS) is 17.4. The molecule has 0 aliphatic carbocycles. The van der Waals surface area contributed by atoms with Crippen molar-refractivity contribution in [2.24, 2.45) is 0 Å². The molecule has 1 aromatic carbocycles. The third-order valence-corrected chi connectivity index (χ3v) is 4.47. The van der Waals surface area contributed by atoms with Crippen LogP contribution in [0.4, 0.5) is 0 Å². The molecule has 1 aliphatic heterocycles. The summed E-state index contributed by atoms with van der Waals surface area (Å²) in [5.41, 5.74) is 3.51. The Bertz CT molecular complexity index is 852. The van der Waals surface area contributed by atoms with Crippen molar-refractivity contribution in [3.05, 3.63) is 65.7 Å². The second-order valence-electron chi connectivity index (χ2n) is 6.17. The van der Waals surface area contributed by atoms with Gasteiger partial charge in [-0.05, 0) is 49.6 Å². The van der Waals surface area contributed by atoms with E-state index in [2.05, 4.69) is 15.3 Å². The SMILES string of the molecule is Cc1cccc(-n2cc(C(=O)N3CCC[C@@H]3c3ccc[nH]3)nn2)c1. The molecule has 0 saturated carbocycles. The molecule has 1 atom stereocenters. The molecule has 1 amide bonds. The first-order chi connectivity index (χ1) is 11.7. The lowest BCUT2D eigenvalue weighted by Crippen LogP contribution is -2.31. The number of aromatic nitrogens is 4. The summed E-state index contributed by atoms with van der Waals surface area (Å²) in [4.78, 5) is 18.0. The van der Waals surface area contributed by atoms with Crippen LogP contribution in [0.3, 0.4) is 0 Å². The fraction of sp³-hybridized carbons (Fsp3) is 0.278. The number of carbonyl (C=O) groups excluding carboxylic acids is 1. The highest BCUT2D eigenvalue weighted by atomic mass is 16.2. The van der Waals surface area contributed by atoms with Crippen LogP contribution < -0.4 is 0 Å². The predicted molar refractivity (Wildman–Crippen MR) is 89.9 cm³/mol. The highest BCUT2D eigenvalue weighted by Gasteiger charge is 2.32. The van der Waals surface area contributed by atoms with E-state index in [-0.39, 0.29) is 11.9 Å². The molecule has 0 radical (unpaired) electrons. The van der Waals surface area contributed by atoms with Gasteiger partial charge < -0.3 is 9.88 Å². The second-order valence-corrected chi connectivity index (χ2v) is 6.17. The van der Waals surface area contributed by atoms with Gasteiger partial charge in [-0.1, -0.05) is 17.3 Å². The van der Waals surface area contributed by atoms with Crippen LogP contribution in [-0.4, -0.2) is 37.3 Å². The standard InChI is InChI=1S/C18H19N5O/c1-13-5-2-6-14(11-13)23-12-16(20-21-23)18(24)22-10-4-8-17(22)15-7-3-9-19-15/h2-3,5-7,9,11-12,17,19H,4,8,10H2,1H3/t17-/m1/s1. The number of rotatable bonds is 3. The van der Waals surface area contributed by atoms with Crippen LogP contribution in [0.25, 0.3) is 5.69 Å². The van der Waals surface area contributed by atoms with Crippen LogP contribution in [0.5, 0.6) is 0 Å². The maximum Gasteiger partial charge on any atom is 0.276 e. The van der Waals surface area contributed by atoms with Crippen molar-refractivity contribution < 1.29 is 4.79 Å². The Morgan fingerprint density at radius 3 is 3.00 bits per heavy atom. The second kappa shape index (κ2) is 5.96. The largest absolute Gasteiger partial charge is 0.363 e. The van der Waals surface area contributed by atoms with Crippen molar-refractivity contribution in [3.63, 3.8) is 0 Å². The molecule has 6 heteroatoms. The summed E-state index contributed by atoms with van der Waals surface area (Å²) < 4.78 is 1.65. The number of amides is 1. The van der Waals surface area contributed by atoms with Gasteiger partial charge in [-0.2, -0.15) is 0 Å². The monoisotopic (exact) mass is 321 g/mol. The van der Waals surface area contributed by atoms with Crippen molar-refractivity contribution in [2.45, 2.75) is 25.8 Å². The van der Waals surface area contributed by atoms with Crippen molar-refractivity contribution in [2.75, 3.05) is 6.54 Å². The number of benzene rings is 1. The molecule has 1 fully saturated rings. The molecule has 0 spiro atoms. The van der Waals surface area contributed by atoms with Gasteiger partial charge in [0.1, 0.15) is 0 Å². The third-order valence-electron chi connectivity index (χ3n) is 4.47. The number of aromatic amines is 1. The predicted octanol–water partition coefficient (Wildman–Crippen LogP) is 2.88. The minimum Gasteiger partial charge on any atom is -0.363 e. The Morgan fingerprint density at radius 1 is 1.29 bits per heavy atom. The fourth-order valence-electron chi connectivity index (χ4n) is 3.29. The van der Waals surface area contributed by atoms with Crippen molar-refractivity contribution in [3.8, 4) is 5.69 Å². The van der Waals surface area contributed by atoms with Crippen molar-refractivity contribution in [1.29, 1.82) is 0 Å². The van der Waals surface area contributed by atoms with Gasteiger partial charge in [-0.15, -0.1) is 5.10 Å². The number of nitrogens with one attached hydrogen (secondary N) is 1. The molecule has 24 heavy (non-hydrogen) atoms. The van der Waals surface area contributed by atoms with Gasteiger partial charge in [-0.3, -0.25) is 4.79 Å². The van der Waals surface area contributed by atoms with Crippen LogP contribution in [0.1, 0.15) is 40.6 Å². The Kier molecular flexibility index (Phi) is 3.65. The summed E-state index contributed by atoms with van der Waals surface area (Å²) in [7, 11) is 0. The van der Waals surface area contributed by atoms with Crippen LogP contribution in [0, 0.1) is 6.92 Å². The zero-order valence-corrected chi connectivity index (χ0v) is 13.5. The van der Waals surface area contributed by atoms with Crippen LogP contribution in [-0.2, 0) is 0 Å². The van der Waals surface area contributed by atoms with E-state index in [0.29, 0.717) is 5.69 Å². The van der Waals surface area contributed by atoms with E-state index < -0.39 is 0 Å². The lowest BCUT2D eigenvalue weighted by Gasteiger charge is -2.22. The number of H-pyrrole nitrogens is 1. The summed E-state index contributed by atoms with van der Waals surface area (Å²) in [6.45, 7) is 2.78. The number of carbonyl (C=O) groups is 1. The molecule has 4 rings (SSSR count). The molecule has 0 unspecified atom stereocenters. The number of hydrogen-bond acceptors (Lipinski definition) is 3. The highest BCUT2D eigenvalue weighted by molar-refractivity contribution is 5.92. The fourth-order valence-corrected chi connectivity index (χ4v) is 3.29. The van der Waals surface area contributed by atoms with Gasteiger partial charge in [0.25, 0.3) is 5.91 Å². The number of hydrogen-bond donors (Lipinski definition) is 1.